The monoisotopic (exact) mass is 215 g/mol. The Labute approximate surface area is 91.0 Å². The second-order valence-electron chi connectivity index (χ2n) is 3.36. The van der Waals surface area contributed by atoms with Crippen LogP contribution in [0.2, 0.25) is 0 Å². The van der Waals surface area contributed by atoms with Gasteiger partial charge in [0.25, 0.3) is 0 Å². The highest BCUT2D eigenvalue weighted by molar-refractivity contribution is 5.87. The quantitative estimate of drug-likeness (QED) is 0.542. The van der Waals surface area contributed by atoms with Crippen LogP contribution in [0, 0.1) is 0 Å². The fourth-order valence-electron chi connectivity index (χ4n) is 0.998. The number of carbonyl (C=O) groups excluding carboxylic acids is 2. The molecule has 5 nitrogen and oxygen atoms in total. The van der Waals surface area contributed by atoms with Crippen LogP contribution >= 0.6 is 0 Å². The molecule has 3 N–H and O–H groups in total. The van der Waals surface area contributed by atoms with Crippen LogP contribution in [0.5, 0.6) is 0 Å². The highest BCUT2D eigenvalue weighted by atomic mass is 16.2. The van der Waals surface area contributed by atoms with Gasteiger partial charge in [0.15, 0.2) is 0 Å². The van der Waals surface area contributed by atoms with Gasteiger partial charge in [-0.15, -0.1) is 0 Å². The summed E-state index contributed by atoms with van der Waals surface area (Å²) in [5.41, 5.74) is 0. The van der Waals surface area contributed by atoms with Crippen molar-refractivity contribution in [1.82, 2.24) is 16.0 Å². The molecular formula is C10H21N3O2. The Kier molecular flexibility index (Phi) is 7.62. The fraction of sp³-hybridized carbons (Fsp3) is 0.800. The van der Waals surface area contributed by atoms with Gasteiger partial charge in [0.05, 0.1) is 6.54 Å². The summed E-state index contributed by atoms with van der Waals surface area (Å²) in [6, 6.07) is -0.470. The molecule has 0 saturated carbocycles. The molecule has 0 fully saturated rings. The van der Waals surface area contributed by atoms with Crippen LogP contribution < -0.4 is 16.0 Å². The van der Waals surface area contributed by atoms with Gasteiger partial charge in [-0.1, -0.05) is 13.8 Å². The first-order valence-electron chi connectivity index (χ1n) is 5.39. The first kappa shape index (κ1) is 13.9. The number of amides is 2. The SMILES string of the molecule is CCCNC(=O)C(C)NC(=O)CNCC. The van der Waals surface area contributed by atoms with Crippen LogP contribution in [0.15, 0.2) is 0 Å². The molecule has 0 bridgehead atoms. The smallest absolute Gasteiger partial charge is 0.242 e. The Bertz CT molecular complexity index is 207. The van der Waals surface area contributed by atoms with Crippen LogP contribution in [-0.4, -0.2) is 37.5 Å². The van der Waals surface area contributed by atoms with Crippen LogP contribution in [-0.2, 0) is 9.59 Å². The number of hydrogen-bond acceptors (Lipinski definition) is 3. The Morgan fingerprint density at radius 1 is 1.27 bits per heavy atom. The van der Waals surface area contributed by atoms with Gasteiger partial charge in [-0.05, 0) is 19.9 Å². The molecule has 15 heavy (non-hydrogen) atoms. The molecule has 1 atom stereocenters. The van der Waals surface area contributed by atoms with Crippen molar-refractivity contribution in [2.24, 2.45) is 0 Å². The maximum Gasteiger partial charge on any atom is 0.242 e. The third kappa shape index (κ3) is 6.90. The highest BCUT2D eigenvalue weighted by Crippen LogP contribution is 1.82. The van der Waals surface area contributed by atoms with Crippen molar-refractivity contribution in [2.75, 3.05) is 19.6 Å². The molecule has 0 aliphatic rings. The Morgan fingerprint density at radius 2 is 1.93 bits per heavy atom. The molecule has 0 saturated heterocycles. The molecule has 1 unspecified atom stereocenters. The summed E-state index contributed by atoms with van der Waals surface area (Å²) in [6.07, 6.45) is 0.893. The molecule has 0 aliphatic heterocycles. The predicted octanol–water partition coefficient (Wildman–Crippen LogP) is -0.373. The molecule has 0 aromatic carbocycles. The van der Waals surface area contributed by atoms with E-state index in [4.69, 9.17) is 0 Å². The van der Waals surface area contributed by atoms with Gasteiger partial charge in [0.1, 0.15) is 6.04 Å². The van der Waals surface area contributed by atoms with E-state index in [1.54, 1.807) is 6.92 Å². The van der Waals surface area contributed by atoms with Gasteiger partial charge >= 0.3 is 0 Å². The van der Waals surface area contributed by atoms with Crippen molar-refractivity contribution in [3.8, 4) is 0 Å². The number of hydrogen-bond donors (Lipinski definition) is 3. The lowest BCUT2D eigenvalue weighted by Crippen LogP contribution is -2.47. The van der Waals surface area contributed by atoms with Crippen molar-refractivity contribution in [3.05, 3.63) is 0 Å². The van der Waals surface area contributed by atoms with Gasteiger partial charge in [-0.3, -0.25) is 9.59 Å². The lowest BCUT2D eigenvalue weighted by Gasteiger charge is -2.13. The summed E-state index contributed by atoms with van der Waals surface area (Å²) in [5, 5.41) is 8.22. The van der Waals surface area contributed by atoms with E-state index >= 15 is 0 Å². The topological polar surface area (TPSA) is 70.2 Å². The van der Waals surface area contributed by atoms with Gasteiger partial charge in [-0.2, -0.15) is 0 Å². The zero-order chi connectivity index (χ0) is 11.7. The van der Waals surface area contributed by atoms with Crippen LogP contribution in [0.1, 0.15) is 27.2 Å². The van der Waals surface area contributed by atoms with E-state index < -0.39 is 6.04 Å². The van der Waals surface area contributed by atoms with E-state index in [1.165, 1.54) is 0 Å². The number of likely N-dealkylation sites (N-methyl/N-ethyl adjacent to an activating group) is 1. The fourth-order valence-corrected chi connectivity index (χ4v) is 0.998. The summed E-state index contributed by atoms with van der Waals surface area (Å²) in [7, 11) is 0. The summed E-state index contributed by atoms with van der Waals surface area (Å²) >= 11 is 0. The molecule has 2 amide bonds. The van der Waals surface area contributed by atoms with Gasteiger partial charge in [0, 0.05) is 6.54 Å². The molecule has 0 aromatic rings. The van der Waals surface area contributed by atoms with Crippen molar-refractivity contribution < 1.29 is 9.59 Å². The second-order valence-corrected chi connectivity index (χ2v) is 3.36. The molecule has 0 radical (unpaired) electrons. The average Bonchev–Trinajstić information content (AvgIpc) is 2.22. The van der Waals surface area contributed by atoms with Crippen molar-refractivity contribution >= 4 is 11.8 Å². The molecule has 88 valence electrons. The number of rotatable bonds is 7. The Balaban J connectivity index is 3.75. The lowest BCUT2D eigenvalue weighted by molar-refractivity contribution is -0.128. The minimum absolute atomic E-state index is 0.137. The first-order chi connectivity index (χ1) is 7.11. The van der Waals surface area contributed by atoms with E-state index in [0.717, 1.165) is 13.0 Å². The van der Waals surface area contributed by atoms with Crippen molar-refractivity contribution in [1.29, 1.82) is 0 Å². The summed E-state index contributed by atoms with van der Waals surface area (Å²) in [6.45, 7) is 7.21. The Morgan fingerprint density at radius 3 is 2.47 bits per heavy atom. The number of nitrogens with one attached hydrogen (secondary N) is 3. The maximum atomic E-state index is 11.4. The molecule has 0 aromatic heterocycles. The maximum absolute atomic E-state index is 11.4. The molecule has 0 aliphatic carbocycles. The summed E-state index contributed by atoms with van der Waals surface area (Å²) < 4.78 is 0. The number of carbonyl (C=O) groups is 2. The largest absolute Gasteiger partial charge is 0.354 e. The van der Waals surface area contributed by atoms with Crippen molar-refractivity contribution in [3.63, 3.8) is 0 Å². The van der Waals surface area contributed by atoms with Gasteiger partial charge in [-0.25, -0.2) is 0 Å². The molecule has 5 heteroatoms. The van der Waals surface area contributed by atoms with Crippen LogP contribution in [0.3, 0.4) is 0 Å². The molecule has 0 spiro atoms. The van der Waals surface area contributed by atoms with Crippen molar-refractivity contribution in [2.45, 2.75) is 33.2 Å². The van der Waals surface area contributed by atoms with Crippen LogP contribution in [0.25, 0.3) is 0 Å². The third-order valence-electron chi connectivity index (χ3n) is 1.86. The molecular weight excluding hydrogens is 194 g/mol. The van der Waals surface area contributed by atoms with E-state index in [2.05, 4.69) is 16.0 Å². The average molecular weight is 215 g/mol. The summed E-state index contributed by atoms with van der Waals surface area (Å²) in [5.74, 6) is -0.294. The minimum Gasteiger partial charge on any atom is -0.354 e. The van der Waals surface area contributed by atoms with Crippen LogP contribution in [0.4, 0.5) is 0 Å². The Hall–Kier alpha value is -1.10. The minimum atomic E-state index is -0.470. The van der Waals surface area contributed by atoms with E-state index in [0.29, 0.717) is 6.54 Å². The zero-order valence-electron chi connectivity index (χ0n) is 9.72. The normalized spacial score (nSPS) is 11.9. The highest BCUT2D eigenvalue weighted by Gasteiger charge is 2.13. The first-order valence-corrected chi connectivity index (χ1v) is 5.39. The van der Waals surface area contributed by atoms with Gasteiger partial charge < -0.3 is 16.0 Å². The van der Waals surface area contributed by atoms with E-state index in [-0.39, 0.29) is 18.4 Å². The second kappa shape index (κ2) is 8.23. The van der Waals surface area contributed by atoms with Gasteiger partial charge in [0.2, 0.25) is 11.8 Å². The third-order valence-corrected chi connectivity index (χ3v) is 1.86. The predicted molar refractivity (Wildman–Crippen MR) is 59.4 cm³/mol. The van der Waals surface area contributed by atoms with E-state index in [1.807, 2.05) is 13.8 Å². The van der Waals surface area contributed by atoms with E-state index in [9.17, 15) is 9.59 Å². The lowest BCUT2D eigenvalue weighted by atomic mass is 10.3. The summed E-state index contributed by atoms with van der Waals surface area (Å²) in [4.78, 5) is 22.6. The molecule has 0 heterocycles. The zero-order valence-corrected chi connectivity index (χ0v) is 9.72. The molecule has 0 rings (SSSR count). The standard InChI is InChI=1S/C10H21N3O2/c1-4-6-12-10(15)8(3)13-9(14)7-11-5-2/h8,11H,4-7H2,1-3H3,(H,12,15)(H,13,14).